The van der Waals surface area contributed by atoms with Gasteiger partial charge < -0.3 is 15.8 Å². The molecular weight excluding hydrogens is 272 g/mol. The molecule has 1 aromatic heterocycles. The second kappa shape index (κ2) is 5.42. The maximum Gasteiger partial charge on any atom is 0.325 e. The van der Waals surface area contributed by atoms with Gasteiger partial charge in [0.25, 0.3) is 5.91 Å². The van der Waals surface area contributed by atoms with E-state index in [1.165, 1.54) is 4.90 Å². The normalized spacial score (nSPS) is 20.9. The van der Waals surface area contributed by atoms with Crippen LogP contribution >= 0.6 is 0 Å². The van der Waals surface area contributed by atoms with E-state index in [4.69, 9.17) is 10.5 Å². The maximum absolute atomic E-state index is 12.6. The van der Waals surface area contributed by atoms with Crippen molar-refractivity contribution in [3.8, 4) is 0 Å². The third-order valence-electron chi connectivity index (χ3n) is 4.10. The Morgan fingerprint density at radius 3 is 2.86 bits per heavy atom. The van der Waals surface area contributed by atoms with Crippen LogP contribution in [0.15, 0.2) is 18.3 Å². The first-order valence-electron chi connectivity index (χ1n) is 7.01. The molecule has 0 saturated carbocycles. The minimum atomic E-state index is -0.791. The first-order valence-corrected chi connectivity index (χ1v) is 7.01. The average Bonchev–Trinajstić information content (AvgIpc) is 2.73. The van der Waals surface area contributed by atoms with E-state index in [0.29, 0.717) is 31.7 Å². The standard InChI is InChI=1S/C14H18N4O3/c15-8-11-10(2-1-5-16-11)9-18-12(19)14(17-13(18)20)3-6-21-7-4-14/h1-2,5H,3-4,6-9,15H2,(H,17,20). The van der Waals surface area contributed by atoms with Crippen molar-refractivity contribution in [1.82, 2.24) is 15.2 Å². The van der Waals surface area contributed by atoms with Crippen LogP contribution in [0, 0.1) is 0 Å². The number of pyridine rings is 1. The van der Waals surface area contributed by atoms with Gasteiger partial charge >= 0.3 is 6.03 Å². The van der Waals surface area contributed by atoms with E-state index in [0.717, 1.165) is 5.56 Å². The molecule has 0 radical (unpaired) electrons. The smallest absolute Gasteiger partial charge is 0.325 e. The molecular formula is C14H18N4O3. The highest BCUT2D eigenvalue weighted by molar-refractivity contribution is 6.07. The number of rotatable bonds is 3. The van der Waals surface area contributed by atoms with Crippen molar-refractivity contribution in [3.63, 3.8) is 0 Å². The average molecular weight is 290 g/mol. The van der Waals surface area contributed by atoms with E-state index in [-0.39, 0.29) is 25.0 Å². The van der Waals surface area contributed by atoms with Gasteiger partial charge in [0.15, 0.2) is 0 Å². The second-order valence-electron chi connectivity index (χ2n) is 5.33. The first-order chi connectivity index (χ1) is 10.2. The molecule has 0 bridgehead atoms. The summed E-state index contributed by atoms with van der Waals surface area (Å²) in [7, 11) is 0. The molecule has 7 heteroatoms. The fourth-order valence-electron chi connectivity index (χ4n) is 2.85. The zero-order chi connectivity index (χ0) is 14.9. The largest absolute Gasteiger partial charge is 0.381 e. The number of aromatic nitrogens is 1. The van der Waals surface area contributed by atoms with Gasteiger partial charge in [-0.15, -0.1) is 0 Å². The highest BCUT2D eigenvalue weighted by Crippen LogP contribution is 2.29. The van der Waals surface area contributed by atoms with Crippen LogP contribution in [0.3, 0.4) is 0 Å². The summed E-state index contributed by atoms with van der Waals surface area (Å²) in [5.74, 6) is -0.178. The van der Waals surface area contributed by atoms with Crippen LogP contribution in [-0.4, -0.2) is 40.6 Å². The van der Waals surface area contributed by atoms with Gasteiger partial charge in [-0.05, 0) is 11.6 Å². The highest BCUT2D eigenvalue weighted by Gasteiger charge is 2.51. The van der Waals surface area contributed by atoms with E-state index in [9.17, 15) is 9.59 Å². The van der Waals surface area contributed by atoms with Gasteiger partial charge in [0, 0.05) is 38.8 Å². The lowest BCUT2D eigenvalue weighted by Crippen LogP contribution is -2.51. The molecule has 3 heterocycles. The molecule has 2 saturated heterocycles. The van der Waals surface area contributed by atoms with E-state index >= 15 is 0 Å². The fourth-order valence-corrected chi connectivity index (χ4v) is 2.85. The molecule has 0 aliphatic carbocycles. The number of ether oxygens (including phenoxy) is 1. The maximum atomic E-state index is 12.6. The third kappa shape index (κ3) is 2.38. The van der Waals surface area contributed by atoms with Crippen LogP contribution in [0.5, 0.6) is 0 Å². The molecule has 0 unspecified atom stereocenters. The summed E-state index contributed by atoms with van der Waals surface area (Å²) in [5, 5.41) is 2.83. The van der Waals surface area contributed by atoms with Crippen molar-refractivity contribution in [2.75, 3.05) is 13.2 Å². The summed E-state index contributed by atoms with van der Waals surface area (Å²) in [6.45, 7) is 1.45. The minimum Gasteiger partial charge on any atom is -0.381 e. The van der Waals surface area contributed by atoms with Gasteiger partial charge in [-0.3, -0.25) is 14.7 Å². The predicted octanol–water partition coefficient (Wildman–Crippen LogP) is 0.141. The number of nitrogens with two attached hydrogens (primary N) is 1. The number of hydrogen-bond acceptors (Lipinski definition) is 5. The van der Waals surface area contributed by atoms with E-state index in [1.54, 1.807) is 12.3 Å². The molecule has 2 aliphatic rings. The molecule has 21 heavy (non-hydrogen) atoms. The molecule has 3 rings (SSSR count). The van der Waals surface area contributed by atoms with Crippen LogP contribution in [0.25, 0.3) is 0 Å². The molecule has 112 valence electrons. The molecule has 0 atom stereocenters. The van der Waals surface area contributed by atoms with Gasteiger partial charge in [0.1, 0.15) is 5.54 Å². The molecule has 3 N–H and O–H groups in total. The highest BCUT2D eigenvalue weighted by atomic mass is 16.5. The number of nitrogens with one attached hydrogen (secondary N) is 1. The van der Waals surface area contributed by atoms with Gasteiger partial charge in [0.05, 0.1) is 12.2 Å². The molecule has 1 spiro atoms. The second-order valence-corrected chi connectivity index (χ2v) is 5.33. The Bertz CT molecular complexity index is 569. The molecule has 7 nitrogen and oxygen atoms in total. The summed E-state index contributed by atoms with van der Waals surface area (Å²) >= 11 is 0. The molecule has 1 aromatic rings. The van der Waals surface area contributed by atoms with Crippen molar-refractivity contribution >= 4 is 11.9 Å². The Morgan fingerprint density at radius 1 is 1.38 bits per heavy atom. The quantitative estimate of drug-likeness (QED) is 0.772. The van der Waals surface area contributed by atoms with Gasteiger partial charge in [-0.25, -0.2) is 4.79 Å². The van der Waals surface area contributed by atoms with E-state index in [2.05, 4.69) is 10.3 Å². The number of carbonyl (C=O) groups is 2. The van der Waals surface area contributed by atoms with Gasteiger partial charge in [-0.2, -0.15) is 0 Å². The number of hydrogen-bond donors (Lipinski definition) is 2. The number of amides is 3. The van der Waals surface area contributed by atoms with Gasteiger partial charge in [0.2, 0.25) is 0 Å². The zero-order valence-corrected chi connectivity index (χ0v) is 11.7. The summed E-state index contributed by atoms with van der Waals surface area (Å²) in [6, 6.07) is 3.26. The Kier molecular flexibility index (Phi) is 3.60. The third-order valence-corrected chi connectivity index (χ3v) is 4.10. The topological polar surface area (TPSA) is 97.6 Å². The van der Waals surface area contributed by atoms with Crippen molar-refractivity contribution in [2.24, 2.45) is 5.73 Å². The lowest BCUT2D eigenvalue weighted by Gasteiger charge is -2.30. The first kappa shape index (κ1) is 14.0. The summed E-state index contributed by atoms with van der Waals surface area (Å²) in [6.07, 6.45) is 2.69. The monoisotopic (exact) mass is 290 g/mol. The van der Waals surface area contributed by atoms with Crippen molar-refractivity contribution in [3.05, 3.63) is 29.6 Å². The Labute approximate surface area is 122 Å². The zero-order valence-electron chi connectivity index (χ0n) is 11.7. The van der Waals surface area contributed by atoms with Crippen molar-refractivity contribution in [2.45, 2.75) is 31.5 Å². The number of nitrogens with zero attached hydrogens (tertiary/aromatic N) is 2. The SMILES string of the molecule is NCc1ncccc1CN1C(=O)NC2(CCOCC2)C1=O. The van der Waals surface area contributed by atoms with Crippen LogP contribution in [-0.2, 0) is 22.6 Å². The molecule has 3 amide bonds. The summed E-state index contributed by atoms with van der Waals surface area (Å²) in [4.78, 5) is 30.2. The minimum absolute atomic E-state index is 0.178. The molecule has 2 fully saturated rings. The van der Waals surface area contributed by atoms with Crippen LogP contribution in [0.2, 0.25) is 0 Å². The number of imide groups is 1. The lowest BCUT2D eigenvalue weighted by atomic mass is 9.90. The number of urea groups is 1. The molecule has 0 aromatic carbocycles. The Hall–Kier alpha value is -1.99. The van der Waals surface area contributed by atoms with Crippen molar-refractivity contribution in [1.29, 1.82) is 0 Å². The van der Waals surface area contributed by atoms with E-state index < -0.39 is 5.54 Å². The Balaban J connectivity index is 1.82. The van der Waals surface area contributed by atoms with Gasteiger partial charge in [-0.1, -0.05) is 6.07 Å². The molecule has 2 aliphatic heterocycles. The van der Waals surface area contributed by atoms with Crippen LogP contribution in [0.1, 0.15) is 24.1 Å². The predicted molar refractivity (Wildman–Crippen MR) is 74.0 cm³/mol. The lowest BCUT2D eigenvalue weighted by molar-refractivity contribution is -0.134. The Morgan fingerprint density at radius 2 is 2.14 bits per heavy atom. The van der Waals surface area contributed by atoms with Crippen molar-refractivity contribution < 1.29 is 14.3 Å². The summed E-state index contributed by atoms with van der Waals surface area (Å²) < 4.78 is 5.28. The number of carbonyl (C=O) groups excluding carboxylic acids is 2. The summed E-state index contributed by atoms with van der Waals surface area (Å²) in [5.41, 5.74) is 6.35. The van der Waals surface area contributed by atoms with Crippen LogP contribution < -0.4 is 11.1 Å². The fraction of sp³-hybridized carbons (Fsp3) is 0.500. The van der Waals surface area contributed by atoms with Crippen LogP contribution in [0.4, 0.5) is 4.79 Å². The van der Waals surface area contributed by atoms with E-state index in [1.807, 2.05) is 6.07 Å².